The van der Waals surface area contributed by atoms with E-state index in [4.69, 9.17) is 4.74 Å². The van der Waals surface area contributed by atoms with Gasteiger partial charge in [0.1, 0.15) is 0 Å². The van der Waals surface area contributed by atoms with Crippen molar-refractivity contribution < 1.29 is 9.53 Å². The first-order valence-corrected chi connectivity index (χ1v) is 32.1. The maximum absolute atomic E-state index is 11.8. The van der Waals surface area contributed by atoms with Crippen LogP contribution in [0.4, 0.5) is 0 Å². The zero-order valence-electron chi connectivity index (χ0n) is 9.86. The van der Waals surface area contributed by atoms with E-state index in [0.29, 0.717) is 6.61 Å². The molecule has 0 aromatic rings. The number of carbonyl (C=O) groups excluding carboxylic acids is 1. The van der Waals surface area contributed by atoms with Crippen LogP contribution < -0.4 is 0 Å². The Morgan fingerprint density at radius 2 is 1.73 bits per heavy atom. The van der Waals surface area contributed by atoms with Gasteiger partial charge < -0.3 is 0 Å². The molecule has 0 fully saturated rings. The number of carbonyl (C=O) groups is 1. The van der Waals surface area contributed by atoms with Gasteiger partial charge in [0, 0.05) is 0 Å². The minimum atomic E-state index is -2.51. The zero-order chi connectivity index (χ0) is 12.3. The Hall–Kier alpha value is 1.77. The van der Waals surface area contributed by atoms with Gasteiger partial charge in [0.25, 0.3) is 0 Å². The summed E-state index contributed by atoms with van der Waals surface area (Å²) in [6.45, 7) is 2.29. The number of rotatable bonds is 4. The Morgan fingerprint density at radius 1 is 1.27 bits per heavy atom. The van der Waals surface area contributed by atoms with Gasteiger partial charge in [0.15, 0.2) is 0 Å². The summed E-state index contributed by atoms with van der Waals surface area (Å²) >= 11 is 2.68. The molecule has 0 bridgehead atoms. The summed E-state index contributed by atoms with van der Waals surface area (Å²) in [6, 6.07) is 0. The SMILES string of the molecule is CCOC(=O)/[C](=[CH]\[Sn]([CH3])([CH3])[Br])[Sn]([CH3])([CH3])[Br]. The molecule has 0 aliphatic heterocycles. The van der Waals surface area contributed by atoms with Crippen LogP contribution in [0.1, 0.15) is 6.92 Å². The van der Waals surface area contributed by atoms with Crippen molar-refractivity contribution in [3.8, 4) is 0 Å². The van der Waals surface area contributed by atoms with Crippen LogP contribution in [-0.2, 0) is 9.53 Å². The van der Waals surface area contributed by atoms with Crippen molar-refractivity contribution in [2.75, 3.05) is 6.61 Å². The molecule has 0 aromatic carbocycles. The van der Waals surface area contributed by atoms with E-state index in [0.717, 1.165) is 3.59 Å². The Morgan fingerprint density at radius 3 is 2.00 bits per heavy atom. The molecule has 0 unspecified atom stereocenters. The summed E-state index contributed by atoms with van der Waals surface area (Å²) in [5.74, 6) is -0.126. The number of halogens is 2. The molecule has 0 heterocycles. The monoisotopic (exact) mass is 556 g/mol. The van der Waals surface area contributed by atoms with Crippen LogP contribution in [0.3, 0.4) is 0 Å². The van der Waals surface area contributed by atoms with Crippen molar-refractivity contribution in [2.45, 2.75) is 26.7 Å². The summed E-state index contributed by atoms with van der Waals surface area (Å²) in [5, 5.41) is 0. The number of hydrogen-bond donors (Lipinski definition) is 0. The molecule has 0 aliphatic carbocycles. The Labute approximate surface area is 112 Å². The van der Waals surface area contributed by atoms with Crippen LogP contribution in [-0.4, -0.2) is 44.9 Å². The average Bonchev–Trinajstić information content (AvgIpc) is 1.97. The Bertz CT molecular complexity index is 264. The summed E-state index contributed by atoms with van der Waals surface area (Å²) in [4.78, 5) is 20.6. The molecule has 0 N–H and O–H groups in total. The van der Waals surface area contributed by atoms with Crippen molar-refractivity contribution in [1.29, 1.82) is 0 Å². The Balaban J connectivity index is 5.09. The van der Waals surface area contributed by atoms with E-state index >= 15 is 0 Å². The normalized spacial score (nSPS) is 13.9. The van der Waals surface area contributed by atoms with Crippen LogP contribution in [0.15, 0.2) is 7.68 Å². The molecule has 0 saturated heterocycles. The summed E-state index contributed by atoms with van der Waals surface area (Å²) in [6.07, 6.45) is 0. The molecule has 0 radical (unpaired) electrons. The van der Waals surface area contributed by atoms with Crippen molar-refractivity contribution in [3.05, 3.63) is 7.68 Å². The number of ether oxygens (including phenoxy) is 1. The molecule has 0 amide bonds. The van der Waals surface area contributed by atoms with Crippen molar-refractivity contribution in [3.63, 3.8) is 0 Å². The fraction of sp³-hybridized carbons (Fsp3) is 0.667. The van der Waals surface area contributed by atoms with Gasteiger partial charge in [0.05, 0.1) is 0 Å². The van der Waals surface area contributed by atoms with E-state index in [-0.39, 0.29) is 5.97 Å². The van der Waals surface area contributed by atoms with E-state index in [2.05, 4.69) is 49.3 Å². The maximum atomic E-state index is 11.8. The fourth-order valence-electron chi connectivity index (χ4n) is 1.03. The summed E-state index contributed by atoms with van der Waals surface area (Å²) in [7, 11) is 0. The van der Waals surface area contributed by atoms with Crippen LogP contribution in [0.2, 0.25) is 19.8 Å². The number of esters is 1. The molecule has 6 heteroatoms. The third-order valence-corrected chi connectivity index (χ3v) is 15.8. The van der Waals surface area contributed by atoms with Crippen LogP contribution in [0.5, 0.6) is 0 Å². The standard InChI is InChI=1S/C5H6O2.4CH3.2BrH.2Sn/c1-3-5(6)7-4-2;;;;;;;;/h1H,4H2,2H3;4*1H3;2*1H;;/q;;;;;;;2*+1/p-2. The van der Waals surface area contributed by atoms with E-state index < -0.39 is 32.3 Å². The van der Waals surface area contributed by atoms with E-state index in [1.165, 1.54) is 0 Å². The molecule has 0 spiro atoms. The van der Waals surface area contributed by atoms with Gasteiger partial charge in [-0.2, -0.15) is 0 Å². The van der Waals surface area contributed by atoms with Crippen LogP contribution in [0.25, 0.3) is 0 Å². The molecular weight excluding hydrogens is 537 g/mol. The quantitative estimate of drug-likeness (QED) is 0.300. The van der Waals surface area contributed by atoms with Crippen molar-refractivity contribution in [2.24, 2.45) is 0 Å². The van der Waals surface area contributed by atoms with E-state index in [9.17, 15) is 4.79 Å². The number of hydrogen-bond acceptors (Lipinski definition) is 2. The third kappa shape index (κ3) is 7.65. The molecule has 0 aliphatic rings. The first-order chi connectivity index (χ1) is 6.58. The summed E-state index contributed by atoms with van der Waals surface area (Å²) in [5.41, 5.74) is 0. The van der Waals surface area contributed by atoms with Gasteiger partial charge in [0.2, 0.25) is 0 Å². The molecule has 0 rings (SSSR count). The Kier molecular flexibility index (Phi) is 7.42. The predicted octanol–water partition coefficient (Wildman–Crippen LogP) is 3.75. The first kappa shape index (κ1) is 16.8. The van der Waals surface area contributed by atoms with E-state index in [1.807, 2.05) is 6.92 Å². The van der Waals surface area contributed by atoms with Gasteiger partial charge >= 0.3 is 114 Å². The average molecular weight is 555 g/mol. The zero-order valence-corrected chi connectivity index (χ0v) is 18.7. The molecule has 0 atom stereocenters. The molecule has 0 saturated carbocycles. The van der Waals surface area contributed by atoms with Gasteiger partial charge in [-0.05, 0) is 0 Å². The topological polar surface area (TPSA) is 26.3 Å². The second kappa shape index (κ2) is 6.63. The third-order valence-electron chi connectivity index (χ3n) is 1.62. The van der Waals surface area contributed by atoms with Crippen molar-refractivity contribution in [1.82, 2.24) is 0 Å². The first-order valence-electron chi connectivity index (χ1n) is 4.86. The molecule has 88 valence electrons. The van der Waals surface area contributed by atoms with Gasteiger partial charge in [-0.3, -0.25) is 0 Å². The van der Waals surface area contributed by atoms with Crippen LogP contribution >= 0.6 is 25.4 Å². The molecule has 15 heavy (non-hydrogen) atoms. The van der Waals surface area contributed by atoms with Crippen LogP contribution in [0, 0.1) is 0 Å². The van der Waals surface area contributed by atoms with Gasteiger partial charge in [-0.25, -0.2) is 0 Å². The van der Waals surface area contributed by atoms with Crippen molar-refractivity contribution >= 4 is 63.7 Å². The minimum absolute atomic E-state index is 0.126. The second-order valence-electron chi connectivity index (χ2n) is 4.32. The predicted molar refractivity (Wildman–Crippen MR) is 77.5 cm³/mol. The molecular formula is C9H18Br2O2Sn2. The molecule has 0 aromatic heterocycles. The van der Waals surface area contributed by atoms with Gasteiger partial charge in [-0.15, -0.1) is 0 Å². The summed E-state index contributed by atoms with van der Waals surface area (Å²) < 4.78 is 8.22. The fourth-order valence-corrected chi connectivity index (χ4v) is 31.2. The molecule has 2 nitrogen and oxygen atoms in total. The van der Waals surface area contributed by atoms with E-state index in [1.54, 1.807) is 0 Å². The second-order valence-corrected chi connectivity index (χ2v) is 51.0. The van der Waals surface area contributed by atoms with Gasteiger partial charge in [-0.1, -0.05) is 0 Å².